The molecule has 1 heterocycles. The predicted molar refractivity (Wildman–Crippen MR) is 114 cm³/mol. The highest BCUT2D eigenvalue weighted by atomic mass is 32.1. The molecule has 0 saturated heterocycles. The number of carbonyl (C=O) groups is 4. The SMILES string of the molecule is NC(=O)CC[C@H](N)C(=O)N[C@@H](Cc1c[nH]c2ccccc12)C(=O)N[C@@H](CS)C(=O)O. The lowest BCUT2D eigenvalue weighted by atomic mass is 10.0. The fraction of sp³-hybridized carbons (Fsp3) is 0.368. The fourth-order valence-corrected chi connectivity index (χ4v) is 3.14. The van der Waals surface area contributed by atoms with E-state index in [2.05, 4.69) is 28.2 Å². The molecule has 1 aromatic carbocycles. The van der Waals surface area contributed by atoms with E-state index in [0.29, 0.717) is 0 Å². The molecule has 2 rings (SSSR count). The van der Waals surface area contributed by atoms with Crippen molar-refractivity contribution in [3.8, 4) is 0 Å². The number of H-pyrrole nitrogens is 1. The number of primary amides is 1. The van der Waals surface area contributed by atoms with Crippen LogP contribution < -0.4 is 22.1 Å². The van der Waals surface area contributed by atoms with Crippen LogP contribution in [0.3, 0.4) is 0 Å². The van der Waals surface area contributed by atoms with Gasteiger partial charge in [0.1, 0.15) is 12.1 Å². The lowest BCUT2D eigenvalue weighted by Gasteiger charge is -2.22. The van der Waals surface area contributed by atoms with Crippen molar-refractivity contribution in [3.05, 3.63) is 36.0 Å². The molecule has 0 spiro atoms. The zero-order chi connectivity index (χ0) is 22.3. The van der Waals surface area contributed by atoms with Gasteiger partial charge in [0.25, 0.3) is 0 Å². The molecule has 1 aromatic heterocycles. The van der Waals surface area contributed by atoms with Gasteiger partial charge in [-0.3, -0.25) is 14.4 Å². The zero-order valence-electron chi connectivity index (χ0n) is 16.1. The molecule has 0 bridgehead atoms. The summed E-state index contributed by atoms with van der Waals surface area (Å²) in [5, 5.41) is 15.0. The smallest absolute Gasteiger partial charge is 0.327 e. The van der Waals surface area contributed by atoms with E-state index >= 15 is 0 Å². The Hall–Kier alpha value is -3.05. The number of rotatable bonds is 11. The zero-order valence-corrected chi connectivity index (χ0v) is 17.0. The van der Waals surface area contributed by atoms with Crippen LogP contribution in [0.15, 0.2) is 30.5 Å². The maximum Gasteiger partial charge on any atom is 0.327 e. The van der Waals surface area contributed by atoms with Crippen molar-refractivity contribution >= 4 is 47.2 Å². The van der Waals surface area contributed by atoms with E-state index in [1.165, 1.54) is 0 Å². The van der Waals surface area contributed by atoms with E-state index < -0.39 is 41.8 Å². The number of thiol groups is 1. The average molecular weight is 436 g/mol. The van der Waals surface area contributed by atoms with Crippen LogP contribution in [0.1, 0.15) is 18.4 Å². The van der Waals surface area contributed by atoms with Crippen molar-refractivity contribution in [1.29, 1.82) is 0 Å². The summed E-state index contributed by atoms with van der Waals surface area (Å²) in [5.74, 6) is -3.28. The van der Waals surface area contributed by atoms with Crippen LogP contribution >= 0.6 is 12.6 Å². The fourth-order valence-electron chi connectivity index (χ4n) is 2.90. The molecular weight excluding hydrogens is 410 g/mol. The van der Waals surface area contributed by atoms with E-state index in [4.69, 9.17) is 11.5 Å². The van der Waals surface area contributed by atoms with Crippen molar-refractivity contribution in [2.24, 2.45) is 11.5 Å². The number of nitrogens with two attached hydrogens (primary N) is 2. The molecule has 30 heavy (non-hydrogen) atoms. The van der Waals surface area contributed by atoms with Crippen LogP contribution in [-0.4, -0.2) is 57.7 Å². The quantitative estimate of drug-likeness (QED) is 0.229. The summed E-state index contributed by atoms with van der Waals surface area (Å²) in [4.78, 5) is 50.4. The molecule has 0 unspecified atom stereocenters. The number of amides is 3. The number of para-hydroxylation sites is 1. The number of carboxylic acids is 1. The van der Waals surface area contributed by atoms with E-state index in [9.17, 15) is 24.3 Å². The Labute approximate surface area is 178 Å². The standard InChI is InChI=1S/C19H25N5O5S/c20-12(5-6-16(21)25)17(26)23-14(18(27)24-15(9-30)19(28)29)7-10-8-22-13-4-2-1-3-11(10)13/h1-4,8,12,14-15,22,30H,5-7,9,20H2,(H2,21,25)(H,23,26)(H,24,27)(H,28,29)/t12-,14-,15-/m0/s1. The number of fused-ring (bicyclic) bond motifs is 1. The van der Waals surface area contributed by atoms with Gasteiger partial charge in [0.05, 0.1) is 6.04 Å². The second-order valence-corrected chi connectivity index (χ2v) is 7.18. The highest BCUT2D eigenvalue weighted by molar-refractivity contribution is 7.80. The lowest BCUT2D eigenvalue weighted by molar-refractivity contribution is -0.141. The third-order valence-corrected chi connectivity index (χ3v) is 4.93. The first kappa shape index (κ1) is 23.2. The number of aromatic nitrogens is 1. The van der Waals surface area contributed by atoms with E-state index in [1.807, 2.05) is 24.3 Å². The molecule has 11 heteroatoms. The van der Waals surface area contributed by atoms with Crippen LogP contribution in [0.4, 0.5) is 0 Å². The molecule has 0 saturated carbocycles. The van der Waals surface area contributed by atoms with Gasteiger partial charge in [0.15, 0.2) is 0 Å². The molecule has 2 aromatic rings. The number of carboxylic acid groups (broad SMARTS) is 1. The first-order valence-corrected chi connectivity index (χ1v) is 9.89. The normalized spacial score (nSPS) is 13.9. The van der Waals surface area contributed by atoms with Gasteiger partial charge in [-0.25, -0.2) is 4.79 Å². The van der Waals surface area contributed by atoms with E-state index in [1.54, 1.807) is 6.20 Å². The third-order valence-electron chi connectivity index (χ3n) is 4.57. The minimum Gasteiger partial charge on any atom is -0.480 e. The molecule has 0 fully saturated rings. The van der Waals surface area contributed by atoms with Gasteiger partial charge in [-0.15, -0.1) is 0 Å². The lowest BCUT2D eigenvalue weighted by Crippen LogP contribution is -2.55. The van der Waals surface area contributed by atoms with Gasteiger partial charge in [0.2, 0.25) is 17.7 Å². The second kappa shape index (κ2) is 10.6. The van der Waals surface area contributed by atoms with Gasteiger partial charge in [-0.2, -0.15) is 12.6 Å². The molecule has 162 valence electrons. The van der Waals surface area contributed by atoms with Crippen molar-refractivity contribution in [1.82, 2.24) is 15.6 Å². The predicted octanol–water partition coefficient (Wildman–Crippen LogP) is -0.713. The summed E-state index contributed by atoms with van der Waals surface area (Å²) < 4.78 is 0. The van der Waals surface area contributed by atoms with Crippen molar-refractivity contribution in [3.63, 3.8) is 0 Å². The van der Waals surface area contributed by atoms with Crippen LogP contribution in [0.2, 0.25) is 0 Å². The maximum absolute atomic E-state index is 12.8. The van der Waals surface area contributed by atoms with Crippen molar-refractivity contribution in [2.75, 3.05) is 5.75 Å². The Morgan fingerprint density at radius 1 is 1.10 bits per heavy atom. The van der Waals surface area contributed by atoms with Gasteiger partial charge < -0.3 is 32.2 Å². The van der Waals surface area contributed by atoms with Gasteiger partial charge in [-0.05, 0) is 18.1 Å². The molecular formula is C19H25N5O5S. The van der Waals surface area contributed by atoms with E-state index in [-0.39, 0.29) is 25.0 Å². The topological polar surface area (TPSA) is 180 Å². The van der Waals surface area contributed by atoms with E-state index in [0.717, 1.165) is 16.5 Å². The summed E-state index contributed by atoms with van der Waals surface area (Å²) in [6, 6.07) is 4.09. The van der Waals surface area contributed by atoms with Crippen LogP contribution in [0, 0.1) is 0 Å². The minimum atomic E-state index is -1.24. The molecule has 0 radical (unpaired) electrons. The summed E-state index contributed by atoms with van der Waals surface area (Å²) >= 11 is 3.93. The van der Waals surface area contributed by atoms with Crippen LogP contribution in [0.5, 0.6) is 0 Å². The Kier molecular flexibility index (Phi) is 8.25. The largest absolute Gasteiger partial charge is 0.480 e. The average Bonchev–Trinajstić information content (AvgIpc) is 3.12. The van der Waals surface area contributed by atoms with Gasteiger partial charge >= 0.3 is 5.97 Å². The third kappa shape index (κ3) is 6.22. The van der Waals surface area contributed by atoms with Gasteiger partial charge in [0, 0.05) is 35.7 Å². The van der Waals surface area contributed by atoms with Gasteiger partial charge in [-0.1, -0.05) is 18.2 Å². The van der Waals surface area contributed by atoms with Crippen molar-refractivity contribution in [2.45, 2.75) is 37.4 Å². The highest BCUT2D eigenvalue weighted by Gasteiger charge is 2.28. The monoisotopic (exact) mass is 435 g/mol. The Bertz CT molecular complexity index is 931. The maximum atomic E-state index is 12.8. The number of benzene rings is 1. The summed E-state index contributed by atoms with van der Waals surface area (Å²) in [5.41, 5.74) is 12.5. The summed E-state index contributed by atoms with van der Waals surface area (Å²) in [6.45, 7) is 0. The highest BCUT2D eigenvalue weighted by Crippen LogP contribution is 2.19. The Morgan fingerprint density at radius 2 is 1.77 bits per heavy atom. The molecule has 0 aliphatic carbocycles. The summed E-state index contributed by atoms with van der Waals surface area (Å²) in [7, 11) is 0. The number of hydrogen-bond acceptors (Lipinski definition) is 6. The first-order valence-electron chi connectivity index (χ1n) is 9.26. The minimum absolute atomic E-state index is 0.0248. The molecule has 3 amide bonds. The number of aliphatic carboxylic acids is 1. The molecule has 0 aliphatic heterocycles. The Balaban J connectivity index is 2.20. The number of nitrogens with one attached hydrogen (secondary N) is 3. The molecule has 8 N–H and O–H groups in total. The molecule has 3 atom stereocenters. The Morgan fingerprint density at radius 3 is 2.40 bits per heavy atom. The molecule has 10 nitrogen and oxygen atoms in total. The van der Waals surface area contributed by atoms with Crippen LogP contribution in [-0.2, 0) is 25.6 Å². The summed E-state index contributed by atoms with van der Waals surface area (Å²) in [6.07, 6.45) is 1.77. The number of carbonyl (C=O) groups excluding carboxylic acids is 3. The first-order chi connectivity index (χ1) is 14.2. The second-order valence-electron chi connectivity index (χ2n) is 6.82. The number of aromatic amines is 1. The van der Waals surface area contributed by atoms with Crippen LogP contribution in [0.25, 0.3) is 10.9 Å². The number of hydrogen-bond donors (Lipinski definition) is 7. The molecule has 0 aliphatic rings. The van der Waals surface area contributed by atoms with Crippen molar-refractivity contribution < 1.29 is 24.3 Å².